The first-order chi connectivity index (χ1) is 1.00. The van der Waals surface area contributed by atoms with Crippen molar-refractivity contribution < 1.29 is 77.0 Å². The van der Waals surface area contributed by atoms with Gasteiger partial charge in [0.1, 0.15) is 0 Å². The van der Waals surface area contributed by atoms with Gasteiger partial charge in [-0.15, -0.1) is 0 Å². The largest absolute Gasteiger partial charge is 1.00 e. The second-order valence-corrected chi connectivity index (χ2v) is 0. The van der Waals surface area contributed by atoms with Crippen LogP contribution in [0.15, 0.2) is 0 Å². The molecule has 30 valence electrons. The Bertz CT molecular complexity index is 8.75. The van der Waals surface area contributed by atoms with Crippen molar-refractivity contribution in [3.8, 4) is 0 Å². The topological polar surface area (TPSA) is 30.0 Å². The molecule has 6 heteroatoms. The van der Waals surface area contributed by atoms with Crippen molar-refractivity contribution in [2.45, 2.75) is 0 Å². The summed E-state index contributed by atoms with van der Waals surface area (Å²) in [6.45, 7) is 0. The maximum atomic E-state index is 4.11. The molecule has 0 aliphatic rings. The second-order valence-electron chi connectivity index (χ2n) is 0. The van der Waals surface area contributed by atoms with Crippen molar-refractivity contribution in [2.24, 2.45) is 0 Å². The molecule has 0 heterocycles. The van der Waals surface area contributed by atoms with Gasteiger partial charge in [-0.1, -0.05) is 0 Å². The van der Waals surface area contributed by atoms with E-state index in [1.807, 2.05) is 0 Å². The molecule has 0 saturated heterocycles. The van der Waals surface area contributed by atoms with E-state index in [0.29, 0.717) is 0 Å². The fourth-order valence-electron chi connectivity index (χ4n) is 0. The number of halogens is 3. The van der Waals surface area contributed by atoms with Crippen molar-refractivity contribution >= 4 is 21.7 Å². The van der Waals surface area contributed by atoms with Crippen molar-refractivity contribution in [1.82, 2.24) is 0 Å². The molecule has 1 nitrogen and oxygen atoms in total. The first kappa shape index (κ1) is 36.9. The molecule has 0 atom stereocenters. The molecular formula is HCl3Na2O. The van der Waals surface area contributed by atoms with E-state index in [1.165, 1.54) is 0 Å². The van der Waals surface area contributed by atoms with Crippen LogP contribution in [0.25, 0.3) is 0 Å². The normalized spacial score (nSPS) is 1.00. The molecule has 0 saturated carbocycles. The average Bonchev–Trinajstić information content (AvgIpc) is 1.00. The van der Waals surface area contributed by atoms with Crippen LogP contribution in [0.3, 0.4) is 0 Å². The van der Waals surface area contributed by atoms with Gasteiger partial charge in [-0.25, -0.2) is 0 Å². The van der Waals surface area contributed by atoms with Crippen molar-refractivity contribution in [1.29, 1.82) is 0 Å². The zero-order valence-electron chi connectivity index (χ0n) is 3.58. The molecule has 0 amide bonds. The predicted molar refractivity (Wildman–Crippen MR) is 13.6 cm³/mol. The van der Waals surface area contributed by atoms with E-state index in [4.69, 9.17) is 0 Å². The summed E-state index contributed by atoms with van der Waals surface area (Å²) in [6.07, 6.45) is 0. The minimum Gasteiger partial charge on any atom is -1.00 e. The molecule has 0 rings (SSSR count). The molecule has 0 fully saturated rings. The summed E-state index contributed by atoms with van der Waals surface area (Å²) < 4.78 is 0. The number of hydrogen-bond acceptors (Lipinski definition) is 1. The van der Waals surface area contributed by atoms with Crippen LogP contribution in [0.2, 0.25) is 0 Å². The Kier molecular flexibility index (Phi) is 281. The molecule has 0 aromatic heterocycles. The molecule has 1 N–H and O–H groups in total. The minimum atomic E-state index is 0. The Labute approximate surface area is 97.0 Å². The van der Waals surface area contributed by atoms with Gasteiger partial charge < -0.3 is 17.9 Å². The summed E-state index contributed by atoms with van der Waals surface area (Å²) in [5.41, 5.74) is 0. The third-order valence-corrected chi connectivity index (χ3v) is 0. The third kappa shape index (κ3) is 29.0. The maximum Gasteiger partial charge on any atom is 1.00 e. The van der Waals surface area contributed by atoms with E-state index < -0.39 is 0 Å². The van der Waals surface area contributed by atoms with E-state index >= 15 is 0 Å². The zero-order chi connectivity index (χ0) is 2.00. The van der Waals surface area contributed by atoms with Gasteiger partial charge in [-0.05, 0) is 0 Å². The first-order valence-corrected chi connectivity index (χ1v) is 1.29. The molecule has 0 aromatic carbocycles. The predicted octanol–water partition coefficient (Wildman–Crippen LogP) is -7.79. The van der Waals surface area contributed by atoms with Crippen molar-refractivity contribution in [2.75, 3.05) is 0 Å². The Balaban J connectivity index is -0.000000000833. The standard InChI is InChI=1S/Cl2.ClH.2Na.H2O/c1-2;;;;/h;1H;;;1H2/q;;2*+1;/p-2. The van der Waals surface area contributed by atoms with Crippen LogP contribution >= 0.6 is 21.7 Å². The SMILES string of the molecule is ClCl.[Cl-].[Na+].[Na+].[OH-]. The molecule has 0 aliphatic heterocycles. The Morgan fingerprint density at radius 2 is 0.833 bits per heavy atom. The average molecular weight is 169 g/mol. The second kappa shape index (κ2) is 45.6. The van der Waals surface area contributed by atoms with Crippen LogP contribution in [-0.4, -0.2) is 5.48 Å². The van der Waals surface area contributed by atoms with E-state index in [-0.39, 0.29) is 77.0 Å². The quantitative estimate of drug-likeness (QED) is 0.331. The van der Waals surface area contributed by atoms with E-state index in [9.17, 15) is 0 Å². The van der Waals surface area contributed by atoms with Gasteiger partial charge in [0.05, 0.1) is 0 Å². The summed E-state index contributed by atoms with van der Waals surface area (Å²) in [5.74, 6) is 0. The first-order valence-electron chi connectivity index (χ1n) is 0.143. The smallest absolute Gasteiger partial charge is 1.00 e. The molecule has 6 heavy (non-hydrogen) atoms. The Morgan fingerprint density at radius 3 is 0.833 bits per heavy atom. The fourth-order valence-corrected chi connectivity index (χ4v) is 0. The summed E-state index contributed by atoms with van der Waals surface area (Å²) >= 11 is 0. The molecule has 0 aliphatic carbocycles. The van der Waals surface area contributed by atoms with Gasteiger partial charge in [-0.2, -0.15) is 0 Å². The van der Waals surface area contributed by atoms with Crippen LogP contribution in [0.1, 0.15) is 0 Å². The molecule has 0 aromatic rings. The summed E-state index contributed by atoms with van der Waals surface area (Å²) in [5, 5.41) is 0. The van der Waals surface area contributed by atoms with Gasteiger partial charge in [-0.3, -0.25) is 0 Å². The molecule has 0 unspecified atom stereocenters. The molecule has 0 bridgehead atoms. The van der Waals surface area contributed by atoms with Gasteiger partial charge in [0.2, 0.25) is 0 Å². The van der Waals surface area contributed by atoms with Crippen molar-refractivity contribution in [3.63, 3.8) is 0 Å². The van der Waals surface area contributed by atoms with Crippen molar-refractivity contribution in [3.05, 3.63) is 0 Å². The number of rotatable bonds is 0. The number of hydrogen-bond donors (Lipinski definition) is 0. The van der Waals surface area contributed by atoms with Gasteiger partial charge >= 0.3 is 59.1 Å². The van der Waals surface area contributed by atoms with Crippen LogP contribution < -0.4 is 71.5 Å². The zero-order valence-corrected chi connectivity index (χ0v) is 9.85. The van der Waals surface area contributed by atoms with Crippen LogP contribution in [-0.2, 0) is 0 Å². The Morgan fingerprint density at radius 1 is 0.833 bits per heavy atom. The third-order valence-electron chi connectivity index (χ3n) is 0. The monoisotopic (exact) mass is 168 g/mol. The van der Waals surface area contributed by atoms with Crippen LogP contribution in [0.4, 0.5) is 0 Å². The van der Waals surface area contributed by atoms with E-state index in [0.717, 1.165) is 0 Å². The fraction of sp³-hybridized carbons (Fsp3) is 0. The molecule has 0 radical (unpaired) electrons. The Hall–Kier alpha value is 2.83. The van der Waals surface area contributed by atoms with Gasteiger partial charge in [0, 0.05) is 21.7 Å². The van der Waals surface area contributed by atoms with E-state index in [2.05, 4.69) is 21.7 Å². The van der Waals surface area contributed by atoms with E-state index in [1.54, 1.807) is 0 Å². The summed E-state index contributed by atoms with van der Waals surface area (Å²) in [4.78, 5) is 0. The molecular weight excluding hydrogens is 168 g/mol. The summed E-state index contributed by atoms with van der Waals surface area (Å²) in [6, 6.07) is 0. The summed E-state index contributed by atoms with van der Waals surface area (Å²) in [7, 11) is 8.22. The van der Waals surface area contributed by atoms with Crippen LogP contribution in [0, 0.1) is 0 Å². The maximum absolute atomic E-state index is 4.11. The van der Waals surface area contributed by atoms with Crippen LogP contribution in [0.5, 0.6) is 0 Å². The van der Waals surface area contributed by atoms with Gasteiger partial charge in [0.25, 0.3) is 0 Å². The minimum absolute atomic E-state index is 0. The van der Waals surface area contributed by atoms with Gasteiger partial charge in [0.15, 0.2) is 0 Å². The molecule has 0 spiro atoms.